The minimum absolute atomic E-state index is 0.0952. The molecule has 0 aliphatic carbocycles. The fourth-order valence-corrected chi connectivity index (χ4v) is 2.27. The zero-order valence-corrected chi connectivity index (χ0v) is 11.7. The highest BCUT2D eigenvalue weighted by Crippen LogP contribution is 2.28. The van der Waals surface area contributed by atoms with Crippen molar-refractivity contribution in [1.82, 2.24) is 15.0 Å². The Hall–Kier alpha value is -2.60. The maximum Gasteiger partial charge on any atom is 0.338 e. The normalized spacial score (nSPS) is 10.8. The van der Waals surface area contributed by atoms with Crippen molar-refractivity contribution in [2.24, 2.45) is 0 Å². The Balaban J connectivity index is 2.27. The molecule has 3 rings (SSSR count). The molecule has 7 heteroatoms. The van der Waals surface area contributed by atoms with Gasteiger partial charge in [-0.2, -0.15) is 0 Å². The quantitative estimate of drug-likeness (QED) is 0.805. The summed E-state index contributed by atoms with van der Waals surface area (Å²) in [5.41, 5.74) is 1.53. The lowest BCUT2D eigenvalue weighted by molar-refractivity contribution is 0.0699. The molecule has 0 fully saturated rings. The van der Waals surface area contributed by atoms with Crippen LogP contribution in [0.2, 0.25) is 5.02 Å². The van der Waals surface area contributed by atoms with Crippen LogP contribution in [0.1, 0.15) is 10.4 Å². The van der Waals surface area contributed by atoms with Crippen molar-refractivity contribution in [2.75, 3.05) is 7.11 Å². The number of rotatable bonds is 3. The Morgan fingerprint density at radius 2 is 2.14 bits per heavy atom. The molecule has 0 atom stereocenters. The van der Waals surface area contributed by atoms with Crippen LogP contribution in [-0.2, 0) is 0 Å². The number of hydrogen-bond donors (Lipinski definition) is 1. The zero-order valence-electron chi connectivity index (χ0n) is 10.9. The Kier molecular flexibility index (Phi) is 3.23. The summed E-state index contributed by atoms with van der Waals surface area (Å²) in [4.78, 5) is 11.2. The molecule has 1 heterocycles. The Bertz CT molecular complexity index is 845. The van der Waals surface area contributed by atoms with Gasteiger partial charge >= 0.3 is 5.97 Å². The summed E-state index contributed by atoms with van der Waals surface area (Å²) in [6.45, 7) is 0. The van der Waals surface area contributed by atoms with Crippen LogP contribution in [0, 0.1) is 0 Å². The van der Waals surface area contributed by atoms with Gasteiger partial charge in [0.05, 0.1) is 28.9 Å². The van der Waals surface area contributed by atoms with Crippen molar-refractivity contribution in [3.63, 3.8) is 0 Å². The highest BCUT2D eigenvalue weighted by molar-refractivity contribution is 6.32. The second-order valence-corrected chi connectivity index (χ2v) is 4.70. The molecule has 0 aliphatic rings. The van der Waals surface area contributed by atoms with Gasteiger partial charge < -0.3 is 9.84 Å². The minimum Gasteiger partial charge on any atom is -0.497 e. The summed E-state index contributed by atoms with van der Waals surface area (Å²) >= 11 is 6.19. The van der Waals surface area contributed by atoms with E-state index in [1.54, 1.807) is 37.4 Å². The van der Waals surface area contributed by atoms with Crippen LogP contribution in [0.3, 0.4) is 0 Å². The number of benzene rings is 2. The van der Waals surface area contributed by atoms with Crippen LogP contribution in [0.25, 0.3) is 16.7 Å². The molecular formula is C14H10ClN3O3. The van der Waals surface area contributed by atoms with Crippen LogP contribution < -0.4 is 4.74 Å². The van der Waals surface area contributed by atoms with E-state index in [4.69, 9.17) is 16.3 Å². The first kappa shape index (κ1) is 13.4. The summed E-state index contributed by atoms with van der Waals surface area (Å²) in [6.07, 6.45) is 0. The van der Waals surface area contributed by atoms with Gasteiger partial charge in [0, 0.05) is 6.07 Å². The fraction of sp³-hybridized carbons (Fsp3) is 0.0714. The van der Waals surface area contributed by atoms with Crippen LogP contribution in [-0.4, -0.2) is 33.2 Å². The molecule has 0 spiro atoms. The third kappa shape index (κ3) is 2.19. The van der Waals surface area contributed by atoms with E-state index in [1.165, 1.54) is 10.7 Å². The van der Waals surface area contributed by atoms with Crippen molar-refractivity contribution in [3.05, 3.63) is 47.0 Å². The molecule has 106 valence electrons. The number of carboxylic acid groups (broad SMARTS) is 1. The largest absolute Gasteiger partial charge is 0.497 e. The number of nitrogens with zero attached hydrogens (tertiary/aromatic N) is 3. The van der Waals surface area contributed by atoms with Gasteiger partial charge in [-0.25, -0.2) is 9.48 Å². The number of aromatic carboxylic acids is 1. The molecular weight excluding hydrogens is 294 g/mol. The number of ether oxygens (including phenoxy) is 1. The van der Waals surface area contributed by atoms with Gasteiger partial charge in [-0.1, -0.05) is 22.9 Å². The predicted molar refractivity (Wildman–Crippen MR) is 77.4 cm³/mol. The van der Waals surface area contributed by atoms with Crippen molar-refractivity contribution in [1.29, 1.82) is 0 Å². The highest BCUT2D eigenvalue weighted by Gasteiger charge is 2.16. The summed E-state index contributed by atoms with van der Waals surface area (Å²) in [5, 5.41) is 17.6. The lowest BCUT2D eigenvalue weighted by Gasteiger charge is -2.07. The molecule has 0 saturated heterocycles. The lowest BCUT2D eigenvalue weighted by Crippen LogP contribution is -1.99. The molecule has 0 radical (unpaired) electrons. The molecule has 3 aromatic rings. The van der Waals surface area contributed by atoms with Crippen LogP contribution in [0.4, 0.5) is 0 Å². The summed E-state index contributed by atoms with van der Waals surface area (Å²) in [7, 11) is 1.55. The molecule has 0 unspecified atom stereocenters. The first-order chi connectivity index (χ1) is 10.1. The number of fused-ring (bicyclic) bond motifs is 1. The number of carboxylic acids is 1. The number of aromatic nitrogens is 3. The third-order valence-corrected chi connectivity index (χ3v) is 3.41. The summed E-state index contributed by atoms with van der Waals surface area (Å²) in [6, 6.07) is 9.98. The highest BCUT2D eigenvalue weighted by atomic mass is 35.5. The van der Waals surface area contributed by atoms with Gasteiger partial charge in [0.2, 0.25) is 0 Å². The first-order valence-electron chi connectivity index (χ1n) is 6.03. The average Bonchev–Trinajstić information content (AvgIpc) is 2.91. The van der Waals surface area contributed by atoms with Gasteiger partial charge in [0.25, 0.3) is 0 Å². The van der Waals surface area contributed by atoms with E-state index in [0.717, 1.165) is 0 Å². The van der Waals surface area contributed by atoms with Gasteiger partial charge in [0.1, 0.15) is 11.3 Å². The Labute approximate surface area is 124 Å². The molecule has 0 amide bonds. The first-order valence-corrected chi connectivity index (χ1v) is 6.41. The third-order valence-electron chi connectivity index (χ3n) is 3.09. The topological polar surface area (TPSA) is 77.2 Å². The molecule has 0 aliphatic heterocycles. The Morgan fingerprint density at radius 1 is 1.33 bits per heavy atom. The van der Waals surface area contributed by atoms with Gasteiger partial charge in [0.15, 0.2) is 0 Å². The van der Waals surface area contributed by atoms with E-state index in [0.29, 0.717) is 27.5 Å². The molecule has 1 N–H and O–H groups in total. The summed E-state index contributed by atoms with van der Waals surface area (Å²) < 4.78 is 6.66. The average molecular weight is 304 g/mol. The SMILES string of the molecule is COc1ccc(Cl)c(-n2nnc3c(C(=O)O)cccc32)c1. The predicted octanol–water partition coefficient (Wildman–Crippen LogP) is 2.78. The van der Waals surface area contributed by atoms with Crippen LogP contribution in [0.5, 0.6) is 5.75 Å². The second kappa shape index (κ2) is 5.06. The fourth-order valence-electron chi connectivity index (χ4n) is 2.08. The number of carbonyl (C=O) groups is 1. The maximum atomic E-state index is 11.2. The number of methoxy groups -OCH3 is 1. The lowest BCUT2D eigenvalue weighted by atomic mass is 10.2. The molecule has 6 nitrogen and oxygen atoms in total. The minimum atomic E-state index is -1.05. The molecule has 2 aromatic carbocycles. The van der Waals surface area contributed by atoms with E-state index in [2.05, 4.69) is 10.3 Å². The van der Waals surface area contributed by atoms with Crippen molar-refractivity contribution in [3.8, 4) is 11.4 Å². The summed E-state index contributed by atoms with van der Waals surface area (Å²) in [5.74, 6) is -0.433. The van der Waals surface area contributed by atoms with E-state index >= 15 is 0 Å². The monoisotopic (exact) mass is 303 g/mol. The maximum absolute atomic E-state index is 11.2. The van der Waals surface area contributed by atoms with Crippen LogP contribution in [0.15, 0.2) is 36.4 Å². The van der Waals surface area contributed by atoms with Gasteiger partial charge in [-0.3, -0.25) is 0 Å². The van der Waals surface area contributed by atoms with Crippen molar-refractivity contribution < 1.29 is 14.6 Å². The van der Waals surface area contributed by atoms with E-state index in [9.17, 15) is 9.90 Å². The molecule has 0 saturated carbocycles. The van der Waals surface area contributed by atoms with Crippen molar-refractivity contribution in [2.45, 2.75) is 0 Å². The van der Waals surface area contributed by atoms with E-state index in [-0.39, 0.29) is 5.56 Å². The van der Waals surface area contributed by atoms with Gasteiger partial charge in [-0.15, -0.1) is 5.10 Å². The second-order valence-electron chi connectivity index (χ2n) is 4.30. The molecule has 0 bridgehead atoms. The van der Waals surface area contributed by atoms with Gasteiger partial charge in [-0.05, 0) is 24.3 Å². The molecule has 1 aromatic heterocycles. The van der Waals surface area contributed by atoms with E-state index < -0.39 is 5.97 Å². The smallest absolute Gasteiger partial charge is 0.338 e. The number of hydrogen-bond acceptors (Lipinski definition) is 4. The standard InChI is InChI=1S/C14H10ClN3O3/c1-21-8-5-6-10(15)12(7-8)18-11-4-2-3-9(14(19)20)13(11)16-17-18/h2-7H,1H3,(H,19,20). The zero-order chi connectivity index (χ0) is 15.0. The van der Waals surface area contributed by atoms with Crippen LogP contribution >= 0.6 is 11.6 Å². The van der Waals surface area contributed by atoms with E-state index in [1.807, 2.05) is 0 Å². The molecule has 21 heavy (non-hydrogen) atoms. The van der Waals surface area contributed by atoms with Crippen molar-refractivity contribution >= 4 is 28.6 Å². The Morgan fingerprint density at radius 3 is 2.86 bits per heavy atom. The number of halogens is 1.